The molecule has 0 amide bonds. The third-order valence-electron chi connectivity index (χ3n) is 9.45. The molecule has 0 aliphatic heterocycles. The van der Waals surface area contributed by atoms with E-state index in [1.807, 2.05) is 18.2 Å². The molecule has 7 aromatic carbocycles. The van der Waals surface area contributed by atoms with E-state index in [2.05, 4.69) is 0 Å². The fourth-order valence-corrected chi connectivity index (χ4v) is 7.48. The number of rotatable bonds is 3. The molecule has 11 aromatic rings. The highest BCUT2D eigenvalue weighted by atomic mass is 16.3. The lowest BCUT2D eigenvalue weighted by atomic mass is 9.97. The van der Waals surface area contributed by atoms with Gasteiger partial charge < -0.3 is 8.98 Å². The van der Waals surface area contributed by atoms with E-state index >= 15 is 0 Å². The molecule has 0 spiro atoms. The molecule has 11 rings (SSSR count). The highest BCUT2D eigenvalue weighted by molar-refractivity contribution is 6.18. The SMILES string of the molecule is [2H]c1c([2H])c([2H])c(-n2c3ccccc3c3c(-c4cccc5c(=O)n6c(=O)c7cccc(-c8c([2H])c([2H])c([2H])c9c8oc8c([2H])c([2H])c([2H])c([2H])c89)c7n6c45)cccc32)c([2H])c1[2H]. The van der Waals surface area contributed by atoms with Crippen LogP contribution in [0.15, 0.2) is 165 Å². The van der Waals surface area contributed by atoms with E-state index in [1.165, 1.54) is 10.6 Å². The summed E-state index contributed by atoms with van der Waals surface area (Å²) in [6.45, 7) is 0. The molecular weight excluding hydrogens is 619 g/mol. The van der Waals surface area contributed by atoms with Gasteiger partial charge in [-0.3, -0.25) is 9.59 Å². The van der Waals surface area contributed by atoms with E-state index in [0.29, 0.717) is 38.4 Å². The predicted octanol–water partition coefficient (Wildman–Crippen LogP) is 9.83. The fourth-order valence-electron chi connectivity index (χ4n) is 7.48. The van der Waals surface area contributed by atoms with Gasteiger partial charge in [0.15, 0.2) is 0 Å². The zero-order valence-electron chi connectivity index (χ0n) is 37.6. The number of para-hydroxylation sites is 6. The number of furan rings is 1. The fraction of sp³-hybridized carbons (Fsp3) is 0. The summed E-state index contributed by atoms with van der Waals surface area (Å²) in [5.41, 5.74) is 0.825. The van der Waals surface area contributed by atoms with Crippen molar-refractivity contribution in [2.24, 2.45) is 0 Å². The first-order valence-electron chi connectivity index (χ1n) is 21.6. The quantitative estimate of drug-likeness (QED) is 0.190. The van der Waals surface area contributed by atoms with E-state index in [-0.39, 0.29) is 55.0 Å². The molecule has 4 aromatic heterocycles. The van der Waals surface area contributed by atoms with E-state index in [0.717, 1.165) is 4.52 Å². The Bertz CT molecular complexity index is 3990. The topological polar surface area (TPSA) is 61.0 Å². The van der Waals surface area contributed by atoms with Gasteiger partial charge in [-0.1, -0.05) is 109 Å². The summed E-state index contributed by atoms with van der Waals surface area (Å²) in [5.74, 6) is 0. The lowest BCUT2D eigenvalue weighted by Crippen LogP contribution is -2.21. The number of benzene rings is 7. The van der Waals surface area contributed by atoms with Crippen LogP contribution in [-0.2, 0) is 0 Å². The van der Waals surface area contributed by atoms with Crippen LogP contribution in [0.5, 0.6) is 0 Å². The molecule has 0 aliphatic rings. The summed E-state index contributed by atoms with van der Waals surface area (Å²) < 4.78 is 114. The number of hydrogen-bond acceptors (Lipinski definition) is 3. The van der Waals surface area contributed by atoms with Crippen LogP contribution in [0, 0.1) is 0 Å². The van der Waals surface area contributed by atoms with Crippen molar-refractivity contribution in [3.63, 3.8) is 0 Å². The van der Waals surface area contributed by atoms with Gasteiger partial charge in [0.05, 0.1) is 49.3 Å². The Hall–Kier alpha value is -6.92. The van der Waals surface area contributed by atoms with Gasteiger partial charge in [-0.25, -0.2) is 4.52 Å². The van der Waals surface area contributed by atoms with Gasteiger partial charge in [0, 0.05) is 43.9 Å². The van der Waals surface area contributed by atoms with Gasteiger partial charge >= 0.3 is 0 Å². The molecule has 0 bridgehead atoms. The van der Waals surface area contributed by atoms with Gasteiger partial charge in [-0.05, 0) is 48.0 Å². The number of nitrogens with zero attached hydrogens (tertiary/aromatic N) is 3. The third kappa shape index (κ3) is 3.41. The molecule has 0 radical (unpaired) electrons. The molecule has 0 unspecified atom stereocenters. The molecule has 234 valence electrons. The maximum absolute atomic E-state index is 14.4. The van der Waals surface area contributed by atoms with E-state index < -0.39 is 83.6 Å². The lowest BCUT2D eigenvalue weighted by Gasteiger charge is -2.10. The predicted molar refractivity (Wildman–Crippen MR) is 202 cm³/mol. The van der Waals surface area contributed by atoms with Crippen molar-refractivity contribution in [3.05, 3.63) is 172 Å². The molecule has 0 N–H and O–H groups in total. The molecule has 6 heteroatoms. The van der Waals surface area contributed by atoms with Crippen LogP contribution in [0.25, 0.3) is 93.5 Å². The summed E-state index contributed by atoms with van der Waals surface area (Å²) >= 11 is 0. The highest BCUT2D eigenvalue weighted by Crippen LogP contribution is 2.42. The summed E-state index contributed by atoms with van der Waals surface area (Å²) in [7, 11) is 0. The van der Waals surface area contributed by atoms with E-state index in [9.17, 15) is 11.0 Å². The van der Waals surface area contributed by atoms with Crippen LogP contribution in [0.2, 0.25) is 0 Å². The van der Waals surface area contributed by atoms with Crippen molar-refractivity contribution >= 4 is 65.6 Å². The smallest absolute Gasteiger partial charge is 0.282 e. The van der Waals surface area contributed by atoms with Crippen LogP contribution in [0.4, 0.5) is 0 Å². The minimum Gasteiger partial charge on any atom is -0.455 e. The standard InChI is InChI=1S/C44H25N3O3/c48-43-34-21-8-17-29(28-16-11-24-37-39(28)33-15-4-6-23-36(33)45(37)26-12-2-1-3-13-26)40(34)46-41-30(18-9-22-35(41)44(49)47(43)46)32-20-10-19-31-27-14-5-7-25-38(27)50-42(31)32/h1-25H/i1D,2D,3D,5D,7D,10D,12D,13D,14D,19D,20D,25D. The van der Waals surface area contributed by atoms with Crippen LogP contribution >= 0.6 is 0 Å². The van der Waals surface area contributed by atoms with Crippen molar-refractivity contribution < 1.29 is 20.9 Å². The average Bonchev–Trinajstić information content (AvgIpc) is 4.01. The first kappa shape index (κ1) is 18.0. The van der Waals surface area contributed by atoms with Crippen LogP contribution in [0.1, 0.15) is 16.4 Å². The second-order valence-electron chi connectivity index (χ2n) is 11.9. The third-order valence-corrected chi connectivity index (χ3v) is 9.45. The molecule has 0 atom stereocenters. The Morgan fingerprint density at radius 2 is 1.10 bits per heavy atom. The van der Waals surface area contributed by atoms with Gasteiger partial charge in [-0.15, -0.1) is 0 Å². The van der Waals surface area contributed by atoms with E-state index in [4.69, 9.17) is 19.5 Å². The molecule has 0 saturated carbocycles. The second kappa shape index (κ2) is 9.81. The summed E-state index contributed by atoms with van der Waals surface area (Å²) in [6, 6.07) is 16.3. The van der Waals surface area contributed by atoms with Crippen molar-refractivity contribution in [1.82, 2.24) is 13.6 Å². The normalized spacial score (nSPS) is 15.5. The largest absolute Gasteiger partial charge is 0.455 e. The first-order chi connectivity index (χ1) is 29.7. The zero-order valence-corrected chi connectivity index (χ0v) is 25.6. The molecule has 50 heavy (non-hydrogen) atoms. The Morgan fingerprint density at radius 1 is 0.480 bits per heavy atom. The number of fused-ring (bicyclic) bond motifs is 11. The molecule has 0 aliphatic carbocycles. The minimum atomic E-state index is -0.680. The van der Waals surface area contributed by atoms with Gasteiger partial charge in [0.1, 0.15) is 11.2 Å². The maximum atomic E-state index is 14.4. The molecular formula is C44H25N3O3. The maximum Gasteiger partial charge on any atom is 0.282 e. The number of hydrogen-bond donors (Lipinski definition) is 0. The van der Waals surface area contributed by atoms with Gasteiger partial charge in [-0.2, -0.15) is 4.52 Å². The Labute approximate surface area is 300 Å². The van der Waals surface area contributed by atoms with E-state index in [1.54, 1.807) is 59.2 Å². The number of aromatic nitrogens is 3. The van der Waals surface area contributed by atoms with Gasteiger partial charge in [0.25, 0.3) is 11.1 Å². The first-order valence-corrected chi connectivity index (χ1v) is 15.6. The van der Waals surface area contributed by atoms with Crippen molar-refractivity contribution in [2.45, 2.75) is 0 Å². The van der Waals surface area contributed by atoms with Gasteiger partial charge in [0.2, 0.25) is 0 Å². The zero-order chi connectivity index (χ0) is 43.5. The highest BCUT2D eigenvalue weighted by Gasteiger charge is 2.25. The lowest BCUT2D eigenvalue weighted by molar-refractivity contribution is 0.670. The van der Waals surface area contributed by atoms with Crippen LogP contribution in [0.3, 0.4) is 0 Å². The second-order valence-corrected chi connectivity index (χ2v) is 11.9. The Balaban J connectivity index is 1.30. The average molecular weight is 656 g/mol. The molecule has 0 saturated heterocycles. The van der Waals surface area contributed by atoms with Crippen LogP contribution < -0.4 is 11.1 Å². The van der Waals surface area contributed by atoms with Crippen LogP contribution in [-0.4, -0.2) is 13.6 Å². The monoisotopic (exact) mass is 655 g/mol. The Kier molecular flexibility index (Phi) is 3.53. The summed E-state index contributed by atoms with van der Waals surface area (Å²) in [4.78, 5) is 28.8. The molecule has 4 heterocycles. The summed E-state index contributed by atoms with van der Waals surface area (Å²) in [5, 5.41) is 1.28. The minimum absolute atomic E-state index is 0.0498. The molecule has 6 nitrogen and oxygen atoms in total. The molecule has 0 fully saturated rings. The Morgan fingerprint density at radius 3 is 1.90 bits per heavy atom. The van der Waals surface area contributed by atoms with Crippen molar-refractivity contribution in [3.8, 4) is 27.9 Å². The van der Waals surface area contributed by atoms with Crippen molar-refractivity contribution in [1.29, 1.82) is 0 Å². The van der Waals surface area contributed by atoms with Crippen molar-refractivity contribution in [2.75, 3.05) is 0 Å². The summed E-state index contributed by atoms with van der Waals surface area (Å²) in [6.07, 6.45) is 0.